The van der Waals surface area contributed by atoms with E-state index < -0.39 is 11.7 Å². The van der Waals surface area contributed by atoms with Crippen LogP contribution in [-0.2, 0) is 9.53 Å². The van der Waals surface area contributed by atoms with Gasteiger partial charge in [-0.3, -0.25) is 0 Å². The normalized spacial score (nSPS) is 9.27. The number of hydrogen-bond acceptors (Lipinski definition) is 5. The Morgan fingerprint density at radius 2 is 2.36 bits per heavy atom. The van der Waals surface area contributed by atoms with Crippen LogP contribution in [0.25, 0.3) is 0 Å². The van der Waals surface area contributed by atoms with Crippen molar-refractivity contribution in [1.82, 2.24) is 0 Å². The first-order chi connectivity index (χ1) is 4.76. The Morgan fingerprint density at radius 3 is 2.64 bits per heavy atom. The van der Waals surface area contributed by atoms with E-state index in [9.17, 15) is 10.0 Å². The summed E-state index contributed by atoms with van der Waals surface area (Å²) in [4.78, 5) is 10.4. The topological polar surface area (TPSA) is 85.5 Å². The van der Waals surface area contributed by atoms with Gasteiger partial charge in [0.1, 0.15) is 6.07 Å². The van der Waals surface area contributed by atoms with Crippen molar-refractivity contribution < 1.29 is 39.1 Å². The van der Waals surface area contributed by atoms with Gasteiger partial charge in [-0.05, 0) is 6.92 Å². The molecule has 11 heavy (non-hydrogen) atoms. The predicted molar refractivity (Wildman–Crippen MR) is 33.0 cm³/mol. The number of nitrogens with zero attached hydrogens (tertiary/aromatic N) is 2. The molecule has 5 nitrogen and oxygen atoms in total. The first kappa shape index (κ1) is 13.1. The van der Waals surface area contributed by atoms with Crippen molar-refractivity contribution in [2.24, 2.45) is 5.16 Å². The summed E-state index contributed by atoms with van der Waals surface area (Å²) in [5.74, 6) is -0.972. The maximum absolute atomic E-state index is 10.4. The summed E-state index contributed by atoms with van der Waals surface area (Å²) >= 11 is 0. The minimum absolute atomic E-state index is 0. The van der Waals surface area contributed by atoms with E-state index in [0.717, 1.165) is 0 Å². The molecule has 0 aromatic carbocycles. The van der Waals surface area contributed by atoms with E-state index >= 15 is 0 Å². The summed E-state index contributed by atoms with van der Waals surface area (Å²) in [5, 5.41) is 19.8. The van der Waals surface area contributed by atoms with Crippen molar-refractivity contribution >= 4 is 11.7 Å². The zero-order chi connectivity index (χ0) is 7.98. The zero-order valence-electron chi connectivity index (χ0n) is 6.33. The van der Waals surface area contributed by atoms with Gasteiger partial charge in [-0.15, -0.1) is 0 Å². The van der Waals surface area contributed by atoms with Crippen molar-refractivity contribution in [2.75, 3.05) is 6.61 Å². The molecule has 0 spiro atoms. The van der Waals surface area contributed by atoms with E-state index in [1.165, 1.54) is 6.07 Å². The molecule has 54 valence electrons. The van der Waals surface area contributed by atoms with E-state index in [4.69, 9.17) is 5.26 Å². The number of carbonyl (C=O) groups excluding carboxylic acids is 1. The molecule has 0 aromatic heterocycles. The number of hydrogen-bond donors (Lipinski definition) is 0. The van der Waals surface area contributed by atoms with Crippen LogP contribution in [0, 0.1) is 16.5 Å². The van der Waals surface area contributed by atoms with Crippen molar-refractivity contribution in [3.63, 3.8) is 0 Å². The Balaban J connectivity index is 0. The standard InChI is InChI=1S/C5H6N2O3.Na/c1-2-10-5(8)4(3-6)7-9;/h9H,2H2,1H3;/q;+1/p-1/b7-4-;. The van der Waals surface area contributed by atoms with Crippen molar-refractivity contribution in [1.29, 1.82) is 5.26 Å². The fraction of sp³-hybridized carbons (Fsp3) is 0.400. The second-order valence-corrected chi connectivity index (χ2v) is 1.27. The molecule has 0 N–H and O–H groups in total. The molecular weight excluding hydrogens is 159 g/mol. The van der Waals surface area contributed by atoms with E-state index in [-0.39, 0.29) is 36.2 Å². The number of esters is 1. The quantitative estimate of drug-likeness (QED) is 0.188. The van der Waals surface area contributed by atoms with E-state index in [1.807, 2.05) is 0 Å². The van der Waals surface area contributed by atoms with Crippen LogP contribution >= 0.6 is 0 Å². The Bertz CT molecular complexity index is 196. The number of carbonyl (C=O) groups is 1. The van der Waals surface area contributed by atoms with Gasteiger partial charge in [0.15, 0.2) is 0 Å². The number of rotatable bonds is 2. The Hall–Kier alpha value is -0.570. The Labute approximate surface area is 85.9 Å². The number of ether oxygens (including phenoxy) is 1. The van der Waals surface area contributed by atoms with Crippen LogP contribution in [0.2, 0.25) is 0 Å². The third-order valence-electron chi connectivity index (χ3n) is 0.666. The van der Waals surface area contributed by atoms with Gasteiger partial charge < -0.3 is 15.1 Å². The average Bonchev–Trinajstić information content (AvgIpc) is 1.91. The van der Waals surface area contributed by atoms with Gasteiger partial charge in [0.05, 0.1) is 6.61 Å². The van der Waals surface area contributed by atoms with Crippen LogP contribution in [0.3, 0.4) is 0 Å². The summed E-state index contributed by atoms with van der Waals surface area (Å²) in [6.07, 6.45) is 0. The molecule has 0 rings (SSSR count). The Kier molecular flexibility index (Phi) is 8.94. The minimum Gasteiger partial charge on any atom is -0.791 e. The average molecular weight is 164 g/mol. The summed E-state index contributed by atoms with van der Waals surface area (Å²) < 4.78 is 4.29. The van der Waals surface area contributed by atoms with Gasteiger partial charge in [0.2, 0.25) is 5.71 Å². The zero-order valence-corrected chi connectivity index (χ0v) is 8.33. The maximum atomic E-state index is 10.4. The van der Waals surface area contributed by atoms with Crippen molar-refractivity contribution in [3.05, 3.63) is 5.21 Å². The molecule has 0 radical (unpaired) electrons. The molecule has 0 aromatic rings. The third kappa shape index (κ3) is 4.79. The predicted octanol–water partition coefficient (Wildman–Crippen LogP) is -2.98. The molecule has 0 aliphatic rings. The van der Waals surface area contributed by atoms with Gasteiger partial charge in [-0.1, -0.05) is 0 Å². The second kappa shape index (κ2) is 7.54. The third-order valence-corrected chi connectivity index (χ3v) is 0.666. The molecule has 0 atom stereocenters. The van der Waals surface area contributed by atoms with Crippen LogP contribution in [0.4, 0.5) is 0 Å². The smallest absolute Gasteiger partial charge is 0.791 e. The van der Waals surface area contributed by atoms with E-state index in [1.54, 1.807) is 6.92 Å². The SMILES string of the molecule is CCOC(=O)/C(C#N)=N\[O-].[Na+]. The maximum Gasteiger partial charge on any atom is 1.00 e. The monoisotopic (exact) mass is 164 g/mol. The molecule has 0 saturated carbocycles. The largest absolute Gasteiger partial charge is 1.00 e. The molecule has 0 bridgehead atoms. The fourth-order valence-corrected chi connectivity index (χ4v) is 0.303. The molecule has 0 saturated heterocycles. The molecule has 0 heterocycles. The molecule has 0 aliphatic heterocycles. The summed E-state index contributed by atoms with van der Waals surface area (Å²) in [6, 6.07) is 1.30. The summed E-state index contributed by atoms with van der Waals surface area (Å²) in [5.41, 5.74) is -0.748. The van der Waals surface area contributed by atoms with Gasteiger partial charge >= 0.3 is 35.5 Å². The van der Waals surface area contributed by atoms with E-state index in [2.05, 4.69) is 9.89 Å². The molecular formula is C5H5N2NaO3. The fourth-order valence-electron chi connectivity index (χ4n) is 0.303. The molecule has 6 heteroatoms. The molecule has 0 amide bonds. The second-order valence-electron chi connectivity index (χ2n) is 1.27. The number of nitriles is 1. The van der Waals surface area contributed by atoms with Gasteiger partial charge in [0, 0.05) is 0 Å². The molecule has 0 unspecified atom stereocenters. The van der Waals surface area contributed by atoms with Crippen LogP contribution in [-0.4, -0.2) is 18.3 Å². The van der Waals surface area contributed by atoms with E-state index in [0.29, 0.717) is 0 Å². The van der Waals surface area contributed by atoms with Gasteiger partial charge in [0.25, 0.3) is 0 Å². The van der Waals surface area contributed by atoms with Gasteiger partial charge in [-0.2, -0.15) is 5.26 Å². The molecule has 0 fully saturated rings. The van der Waals surface area contributed by atoms with Gasteiger partial charge in [-0.25, -0.2) is 4.79 Å². The van der Waals surface area contributed by atoms with Crippen molar-refractivity contribution in [3.8, 4) is 6.07 Å². The summed E-state index contributed by atoms with van der Waals surface area (Å²) in [7, 11) is 0. The van der Waals surface area contributed by atoms with Crippen LogP contribution in [0.1, 0.15) is 6.92 Å². The van der Waals surface area contributed by atoms with Crippen molar-refractivity contribution in [2.45, 2.75) is 6.92 Å². The summed E-state index contributed by atoms with van der Waals surface area (Å²) in [6.45, 7) is 1.69. The molecule has 0 aliphatic carbocycles. The van der Waals surface area contributed by atoms with Crippen LogP contribution in [0.5, 0.6) is 0 Å². The van der Waals surface area contributed by atoms with Crippen LogP contribution < -0.4 is 29.6 Å². The first-order valence-corrected chi connectivity index (χ1v) is 2.53. The Morgan fingerprint density at radius 1 is 1.82 bits per heavy atom. The van der Waals surface area contributed by atoms with Crippen LogP contribution in [0.15, 0.2) is 5.16 Å². The minimum atomic E-state index is -0.972. The first-order valence-electron chi connectivity index (χ1n) is 2.53.